The van der Waals surface area contributed by atoms with Crippen LogP contribution < -0.4 is 0 Å². The van der Waals surface area contributed by atoms with Crippen molar-refractivity contribution in [1.29, 1.82) is 0 Å². The number of likely N-dealkylation sites (tertiary alicyclic amines) is 1. The van der Waals surface area contributed by atoms with Gasteiger partial charge in [0, 0.05) is 19.7 Å². The van der Waals surface area contributed by atoms with Crippen LogP contribution in [-0.2, 0) is 11.2 Å². The van der Waals surface area contributed by atoms with E-state index in [0.717, 1.165) is 39.1 Å². The van der Waals surface area contributed by atoms with Gasteiger partial charge < -0.3 is 14.7 Å². The Bertz CT molecular complexity index is 421. The molecule has 2 aliphatic heterocycles. The van der Waals surface area contributed by atoms with Gasteiger partial charge in [0.1, 0.15) is 0 Å². The minimum Gasteiger partial charge on any atom is -0.396 e. The summed E-state index contributed by atoms with van der Waals surface area (Å²) in [6, 6.07) is 8.66. The lowest BCUT2D eigenvalue weighted by molar-refractivity contribution is 0.0198. The van der Waals surface area contributed by atoms with Gasteiger partial charge in [0.25, 0.3) is 0 Å². The summed E-state index contributed by atoms with van der Waals surface area (Å²) in [7, 11) is 0. The summed E-state index contributed by atoms with van der Waals surface area (Å²) < 4.78 is 5.97. The molecule has 19 heavy (non-hydrogen) atoms. The van der Waals surface area contributed by atoms with Crippen molar-refractivity contribution in [1.82, 2.24) is 4.90 Å². The molecule has 0 aliphatic carbocycles. The van der Waals surface area contributed by atoms with Crippen LogP contribution in [0.5, 0.6) is 0 Å². The average molecular weight is 261 g/mol. The normalized spacial score (nSPS) is 27.4. The molecule has 2 aliphatic rings. The first kappa shape index (κ1) is 13.1. The molecule has 104 valence electrons. The number of hydrogen-bond donors (Lipinski definition) is 1. The summed E-state index contributed by atoms with van der Waals surface area (Å²) in [6.45, 7) is 4.42. The van der Waals surface area contributed by atoms with Gasteiger partial charge in [0.15, 0.2) is 0 Å². The van der Waals surface area contributed by atoms with Gasteiger partial charge in [-0.25, -0.2) is 0 Å². The van der Waals surface area contributed by atoms with E-state index in [4.69, 9.17) is 9.84 Å². The van der Waals surface area contributed by atoms with Crippen LogP contribution in [-0.4, -0.2) is 42.9 Å². The van der Waals surface area contributed by atoms with Crippen LogP contribution in [0.4, 0.5) is 0 Å². The number of aliphatic hydroxyl groups excluding tert-OH is 1. The van der Waals surface area contributed by atoms with E-state index in [9.17, 15) is 0 Å². The lowest BCUT2D eigenvalue weighted by Crippen LogP contribution is -2.30. The highest BCUT2D eigenvalue weighted by molar-refractivity contribution is 5.31. The molecule has 2 atom stereocenters. The van der Waals surface area contributed by atoms with Gasteiger partial charge in [-0.3, -0.25) is 0 Å². The third kappa shape index (κ3) is 2.99. The molecule has 3 heteroatoms. The number of rotatable bonds is 4. The van der Waals surface area contributed by atoms with Crippen LogP contribution in [0, 0.1) is 5.92 Å². The van der Waals surface area contributed by atoms with Crippen molar-refractivity contribution in [2.75, 3.05) is 32.8 Å². The summed E-state index contributed by atoms with van der Waals surface area (Å²) in [5.41, 5.74) is 2.82. The SMILES string of the molecule is OCCC1CCN(CC2OCCc3ccccc32)C1. The van der Waals surface area contributed by atoms with Gasteiger partial charge in [-0.1, -0.05) is 24.3 Å². The molecule has 1 saturated heterocycles. The summed E-state index contributed by atoms with van der Waals surface area (Å²) in [6.07, 6.45) is 3.44. The molecule has 0 saturated carbocycles. The van der Waals surface area contributed by atoms with Gasteiger partial charge in [0.05, 0.1) is 12.7 Å². The molecule has 0 spiro atoms. The van der Waals surface area contributed by atoms with E-state index in [0.29, 0.717) is 12.5 Å². The second kappa shape index (κ2) is 6.04. The van der Waals surface area contributed by atoms with Crippen LogP contribution >= 0.6 is 0 Å². The lowest BCUT2D eigenvalue weighted by atomic mass is 9.97. The highest BCUT2D eigenvalue weighted by Crippen LogP contribution is 2.29. The quantitative estimate of drug-likeness (QED) is 0.900. The standard InChI is InChI=1S/C16H23NO2/c18-9-6-13-5-8-17(11-13)12-16-15-4-2-1-3-14(15)7-10-19-16/h1-4,13,16,18H,5-12H2. The number of fused-ring (bicyclic) bond motifs is 1. The molecule has 0 amide bonds. The molecule has 1 aromatic carbocycles. The van der Waals surface area contributed by atoms with Crippen LogP contribution in [0.15, 0.2) is 24.3 Å². The summed E-state index contributed by atoms with van der Waals surface area (Å²) >= 11 is 0. The maximum absolute atomic E-state index is 9.02. The summed E-state index contributed by atoms with van der Waals surface area (Å²) in [5.74, 6) is 0.670. The molecule has 3 rings (SSSR count). The number of ether oxygens (including phenoxy) is 1. The molecule has 1 fully saturated rings. The van der Waals surface area contributed by atoms with Crippen LogP contribution in [0.1, 0.15) is 30.1 Å². The van der Waals surface area contributed by atoms with E-state index < -0.39 is 0 Å². The first-order valence-corrected chi connectivity index (χ1v) is 7.39. The second-order valence-electron chi connectivity index (χ2n) is 5.73. The third-order valence-corrected chi connectivity index (χ3v) is 4.42. The Kier molecular flexibility index (Phi) is 4.16. The third-order valence-electron chi connectivity index (χ3n) is 4.42. The van der Waals surface area contributed by atoms with Crippen molar-refractivity contribution in [3.8, 4) is 0 Å². The van der Waals surface area contributed by atoms with E-state index in [1.54, 1.807) is 0 Å². The zero-order valence-electron chi connectivity index (χ0n) is 11.4. The molecule has 3 nitrogen and oxygen atoms in total. The fourth-order valence-corrected chi connectivity index (χ4v) is 3.36. The van der Waals surface area contributed by atoms with Gasteiger partial charge in [-0.05, 0) is 42.9 Å². The Labute approximate surface area is 115 Å². The number of benzene rings is 1. The number of aliphatic hydroxyl groups is 1. The van der Waals surface area contributed by atoms with Crippen molar-refractivity contribution < 1.29 is 9.84 Å². The van der Waals surface area contributed by atoms with E-state index in [1.165, 1.54) is 17.5 Å². The van der Waals surface area contributed by atoms with Gasteiger partial charge in [0.2, 0.25) is 0 Å². The number of nitrogens with zero attached hydrogens (tertiary/aromatic N) is 1. The zero-order chi connectivity index (χ0) is 13.1. The van der Waals surface area contributed by atoms with Crippen molar-refractivity contribution in [2.45, 2.75) is 25.4 Å². The second-order valence-corrected chi connectivity index (χ2v) is 5.73. The van der Waals surface area contributed by atoms with Crippen LogP contribution in [0.2, 0.25) is 0 Å². The van der Waals surface area contributed by atoms with Crippen molar-refractivity contribution in [3.05, 3.63) is 35.4 Å². The fourth-order valence-electron chi connectivity index (χ4n) is 3.36. The summed E-state index contributed by atoms with van der Waals surface area (Å²) in [4.78, 5) is 2.49. The molecule has 2 heterocycles. The molecule has 0 bridgehead atoms. The Morgan fingerprint density at radius 1 is 1.32 bits per heavy atom. The summed E-state index contributed by atoms with van der Waals surface area (Å²) in [5, 5.41) is 9.02. The zero-order valence-corrected chi connectivity index (χ0v) is 11.4. The van der Waals surface area contributed by atoms with Crippen molar-refractivity contribution >= 4 is 0 Å². The molecule has 1 N–H and O–H groups in total. The Morgan fingerprint density at radius 3 is 3.11 bits per heavy atom. The van der Waals surface area contributed by atoms with E-state index in [1.807, 2.05) is 0 Å². The van der Waals surface area contributed by atoms with Gasteiger partial charge in [-0.2, -0.15) is 0 Å². The minimum atomic E-state index is 0.234. The molecular formula is C16H23NO2. The Hall–Kier alpha value is -0.900. The van der Waals surface area contributed by atoms with E-state index >= 15 is 0 Å². The first-order valence-electron chi connectivity index (χ1n) is 7.39. The maximum atomic E-state index is 9.02. The predicted octanol–water partition coefficient (Wildman–Crippen LogP) is 2.00. The van der Waals surface area contributed by atoms with E-state index in [-0.39, 0.29) is 6.10 Å². The largest absolute Gasteiger partial charge is 0.396 e. The van der Waals surface area contributed by atoms with Crippen LogP contribution in [0.3, 0.4) is 0 Å². The maximum Gasteiger partial charge on any atom is 0.0954 e. The Balaban J connectivity index is 1.62. The molecule has 2 unspecified atom stereocenters. The van der Waals surface area contributed by atoms with Gasteiger partial charge in [-0.15, -0.1) is 0 Å². The molecule has 0 radical (unpaired) electrons. The van der Waals surface area contributed by atoms with Crippen molar-refractivity contribution in [3.63, 3.8) is 0 Å². The topological polar surface area (TPSA) is 32.7 Å². The lowest BCUT2D eigenvalue weighted by Gasteiger charge is -2.29. The first-order chi connectivity index (χ1) is 9.36. The van der Waals surface area contributed by atoms with Gasteiger partial charge >= 0.3 is 0 Å². The highest BCUT2D eigenvalue weighted by Gasteiger charge is 2.27. The molecular weight excluding hydrogens is 238 g/mol. The van der Waals surface area contributed by atoms with E-state index in [2.05, 4.69) is 29.2 Å². The number of hydrogen-bond acceptors (Lipinski definition) is 3. The predicted molar refractivity (Wildman–Crippen MR) is 75.1 cm³/mol. The highest BCUT2D eigenvalue weighted by atomic mass is 16.5. The minimum absolute atomic E-state index is 0.234. The Morgan fingerprint density at radius 2 is 2.21 bits per heavy atom. The van der Waals surface area contributed by atoms with Crippen molar-refractivity contribution in [2.24, 2.45) is 5.92 Å². The smallest absolute Gasteiger partial charge is 0.0954 e. The monoisotopic (exact) mass is 261 g/mol. The fraction of sp³-hybridized carbons (Fsp3) is 0.625. The van der Waals surface area contributed by atoms with Crippen LogP contribution in [0.25, 0.3) is 0 Å². The molecule has 1 aromatic rings. The average Bonchev–Trinajstić information content (AvgIpc) is 2.87. The molecule has 0 aromatic heterocycles.